The van der Waals surface area contributed by atoms with Crippen LogP contribution in [0.15, 0.2) is 67.4 Å². The number of nitrogens with zero attached hydrogens (tertiary/aromatic N) is 5. The number of amides is 1. The van der Waals surface area contributed by atoms with Crippen LogP contribution in [0.5, 0.6) is 5.75 Å². The summed E-state index contributed by atoms with van der Waals surface area (Å²) >= 11 is 0. The van der Waals surface area contributed by atoms with E-state index in [0.29, 0.717) is 35.7 Å². The Morgan fingerprint density at radius 1 is 0.933 bits per heavy atom. The van der Waals surface area contributed by atoms with Gasteiger partial charge in [-0.2, -0.15) is 5.10 Å². The van der Waals surface area contributed by atoms with Gasteiger partial charge in [0.2, 0.25) is 5.91 Å². The van der Waals surface area contributed by atoms with E-state index in [1.165, 1.54) is 12.1 Å². The molecule has 11 heteroatoms. The Hall–Kier alpha value is -5.16. The highest BCUT2D eigenvalue weighted by Crippen LogP contribution is 2.36. The standard InChI is InChI=1S/C34H35FN8O2/c1-34(2,3)14-31(44)39-24-9-21(15-36-17-24)22-11-27-32(41-42-33(27)38-16-22)29-13-26-28(18-37-19-30(26)40-29)20-8-23(35)12-25(10-20)45-7-6-43(4)5/h8-13,15-19,40H,6-7,14H2,1-5H3,(H,39,44)(H,38,41,42). The molecule has 0 saturated heterocycles. The van der Waals surface area contributed by atoms with Crippen molar-refractivity contribution in [1.29, 1.82) is 0 Å². The minimum Gasteiger partial charge on any atom is -0.492 e. The first-order chi connectivity index (χ1) is 21.5. The third-order valence-electron chi connectivity index (χ3n) is 7.26. The fourth-order valence-corrected chi connectivity index (χ4v) is 5.18. The van der Waals surface area contributed by atoms with E-state index in [0.717, 1.165) is 50.9 Å². The van der Waals surface area contributed by atoms with E-state index >= 15 is 0 Å². The Morgan fingerprint density at radius 3 is 2.53 bits per heavy atom. The fraction of sp³-hybridized carbons (Fsp3) is 0.265. The number of aromatic amines is 2. The number of hydrogen-bond donors (Lipinski definition) is 3. The summed E-state index contributed by atoms with van der Waals surface area (Å²) in [5.41, 5.74) is 6.43. The molecular weight excluding hydrogens is 571 g/mol. The van der Waals surface area contributed by atoms with Crippen LogP contribution in [0.2, 0.25) is 0 Å². The topological polar surface area (TPSA) is 125 Å². The van der Waals surface area contributed by atoms with Gasteiger partial charge in [0.05, 0.1) is 35.0 Å². The smallest absolute Gasteiger partial charge is 0.224 e. The molecule has 0 saturated carbocycles. The second-order valence-electron chi connectivity index (χ2n) is 12.6. The molecule has 10 nitrogen and oxygen atoms in total. The van der Waals surface area contributed by atoms with E-state index in [1.54, 1.807) is 31.0 Å². The van der Waals surface area contributed by atoms with Crippen LogP contribution in [-0.4, -0.2) is 68.2 Å². The number of benzene rings is 1. The molecule has 5 heterocycles. The number of likely N-dealkylation sites (N-methyl/N-ethyl adjacent to an activating group) is 1. The Labute approximate surface area is 260 Å². The van der Waals surface area contributed by atoms with E-state index in [9.17, 15) is 9.18 Å². The SMILES string of the molecule is CN(C)CCOc1cc(F)cc(-c2cncc3[nH]c(-c4[nH]nc5ncc(-c6cncc(NC(=O)CC(C)(C)C)c6)cc45)cc23)c1. The number of carbonyl (C=O) groups excluding carboxylic acids is 1. The molecule has 0 unspecified atom stereocenters. The first-order valence-electron chi connectivity index (χ1n) is 14.7. The van der Waals surface area contributed by atoms with Gasteiger partial charge in [-0.05, 0) is 55.4 Å². The summed E-state index contributed by atoms with van der Waals surface area (Å²) in [6.45, 7) is 7.23. The summed E-state index contributed by atoms with van der Waals surface area (Å²) in [5.74, 6) is 0.0156. The summed E-state index contributed by atoms with van der Waals surface area (Å²) in [4.78, 5) is 31.3. The van der Waals surface area contributed by atoms with Gasteiger partial charge in [-0.3, -0.25) is 19.9 Å². The van der Waals surface area contributed by atoms with Crippen LogP contribution in [0.25, 0.3) is 55.6 Å². The average Bonchev–Trinajstić information content (AvgIpc) is 3.59. The quantitative estimate of drug-likeness (QED) is 0.168. The van der Waals surface area contributed by atoms with Crippen molar-refractivity contribution in [3.63, 3.8) is 0 Å². The van der Waals surface area contributed by atoms with Gasteiger partial charge in [0.25, 0.3) is 0 Å². The molecule has 6 aromatic rings. The van der Waals surface area contributed by atoms with Crippen LogP contribution < -0.4 is 10.1 Å². The fourth-order valence-electron chi connectivity index (χ4n) is 5.18. The van der Waals surface area contributed by atoms with Gasteiger partial charge >= 0.3 is 0 Å². The van der Waals surface area contributed by atoms with Crippen LogP contribution in [0, 0.1) is 11.2 Å². The summed E-state index contributed by atoms with van der Waals surface area (Å²) in [5, 5.41) is 12.2. The number of pyridine rings is 3. The van der Waals surface area contributed by atoms with Gasteiger partial charge in [-0.25, -0.2) is 9.37 Å². The first-order valence-corrected chi connectivity index (χ1v) is 14.7. The maximum absolute atomic E-state index is 14.7. The van der Waals surface area contributed by atoms with E-state index < -0.39 is 0 Å². The van der Waals surface area contributed by atoms with Crippen molar-refractivity contribution in [2.24, 2.45) is 5.41 Å². The molecule has 1 amide bonds. The Balaban J connectivity index is 1.33. The number of aromatic nitrogens is 6. The van der Waals surface area contributed by atoms with Gasteiger partial charge in [0.1, 0.15) is 18.2 Å². The number of nitrogens with one attached hydrogen (secondary N) is 3. The molecule has 230 valence electrons. The number of halogens is 1. The summed E-state index contributed by atoms with van der Waals surface area (Å²) < 4.78 is 20.5. The predicted molar refractivity (Wildman–Crippen MR) is 174 cm³/mol. The van der Waals surface area contributed by atoms with E-state index in [4.69, 9.17) is 4.74 Å². The predicted octanol–water partition coefficient (Wildman–Crippen LogP) is 6.68. The number of ether oxygens (including phenoxy) is 1. The molecule has 0 atom stereocenters. The molecule has 1 aromatic carbocycles. The third kappa shape index (κ3) is 6.83. The lowest BCUT2D eigenvalue weighted by Gasteiger charge is -2.17. The molecule has 6 rings (SSSR count). The Morgan fingerprint density at radius 2 is 1.73 bits per heavy atom. The molecule has 0 aliphatic heterocycles. The largest absolute Gasteiger partial charge is 0.492 e. The van der Waals surface area contributed by atoms with Crippen LogP contribution in [-0.2, 0) is 4.79 Å². The second-order valence-corrected chi connectivity index (χ2v) is 12.6. The lowest BCUT2D eigenvalue weighted by Crippen LogP contribution is -2.19. The van der Waals surface area contributed by atoms with E-state index in [-0.39, 0.29) is 17.1 Å². The van der Waals surface area contributed by atoms with Crippen LogP contribution >= 0.6 is 0 Å². The highest BCUT2D eigenvalue weighted by molar-refractivity contribution is 6.01. The minimum absolute atomic E-state index is 0.0638. The van der Waals surface area contributed by atoms with Crippen molar-refractivity contribution in [3.05, 3.63) is 73.2 Å². The van der Waals surface area contributed by atoms with E-state index in [2.05, 4.69) is 35.5 Å². The molecule has 0 radical (unpaired) electrons. The molecule has 5 aromatic heterocycles. The zero-order valence-corrected chi connectivity index (χ0v) is 25.9. The average molecular weight is 607 g/mol. The summed E-state index contributed by atoms with van der Waals surface area (Å²) in [6.07, 6.45) is 8.97. The number of carbonyl (C=O) groups is 1. The maximum atomic E-state index is 14.7. The van der Waals surface area contributed by atoms with E-state index in [1.807, 2.05) is 64.0 Å². The zero-order chi connectivity index (χ0) is 31.7. The van der Waals surface area contributed by atoms with Gasteiger partial charge in [0.15, 0.2) is 5.65 Å². The van der Waals surface area contributed by atoms with Gasteiger partial charge in [0, 0.05) is 65.1 Å². The lowest BCUT2D eigenvalue weighted by molar-refractivity contribution is -0.117. The van der Waals surface area contributed by atoms with Crippen molar-refractivity contribution in [2.75, 3.05) is 32.6 Å². The molecule has 0 aliphatic rings. The molecular formula is C34H35FN8O2. The maximum Gasteiger partial charge on any atom is 0.224 e. The second kappa shape index (κ2) is 12.1. The first kappa shape index (κ1) is 29.9. The monoisotopic (exact) mass is 606 g/mol. The lowest BCUT2D eigenvalue weighted by atomic mass is 9.92. The summed E-state index contributed by atoms with van der Waals surface area (Å²) in [7, 11) is 3.92. The highest BCUT2D eigenvalue weighted by Gasteiger charge is 2.18. The van der Waals surface area contributed by atoms with Crippen molar-refractivity contribution >= 4 is 33.5 Å². The van der Waals surface area contributed by atoms with Crippen molar-refractivity contribution in [1.82, 2.24) is 35.0 Å². The van der Waals surface area contributed by atoms with Gasteiger partial charge in [-0.1, -0.05) is 20.8 Å². The number of H-pyrrole nitrogens is 2. The normalized spacial score (nSPS) is 11.9. The van der Waals surface area contributed by atoms with Crippen molar-refractivity contribution < 1.29 is 13.9 Å². The van der Waals surface area contributed by atoms with Crippen LogP contribution in [0.1, 0.15) is 27.2 Å². The minimum atomic E-state index is -0.384. The van der Waals surface area contributed by atoms with Crippen LogP contribution in [0.3, 0.4) is 0 Å². The molecule has 45 heavy (non-hydrogen) atoms. The number of rotatable bonds is 9. The highest BCUT2D eigenvalue weighted by atomic mass is 19.1. The molecule has 3 N–H and O–H groups in total. The van der Waals surface area contributed by atoms with Crippen molar-refractivity contribution in [2.45, 2.75) is 27.2 Å². The molecule has 0 bridgehead atoms. The Bertz CT molecular complexity index is 2010. The molecule has 0 spiro atoms. The third-order valence-corrected chi connectivity index (χ3v) is 7.26. The van der Waals surface area contributed by atoms with Gasteiger partial charge in [-0.15, -0.1) is 0 Å². The molecule has 0 fully saturated rings. The number of hydrogen-bond acceptors (Lipinski definition) is 7. The summed E-state index contributed by atoms with van der Waals surface area (Å²) in [6, 6.07) is 10.6. The number of fused-ring (bicyclic) bond motifs is 2. The van der Waals surface area contributed by atoms with Gasteiger partial charge < -0.3 is 19.9 Å². The molecule has 0 aliphatic carbocycles. The Kier molecular flexibility index (Phi) is 8.03. The zero-order valence-electron chi connectivity index (χ0n) is 25.9. The van der Waals surface area contributed by atoms with Crippen LogP contribution in [0.4, 0.5) is 10.1 Å². The van der Waals surface area contributed by atoms with Crippen molar-refractivity contribution in [3.8, 4) is 39.4 Å². The number of anilines is 1.